The molecule has 4 nitrogen and oxygen atoms in total. The zero-order valence-electron chi connectivity index (χ0n) is 11.5. The fraction of sp³-hybridized carbons (Fsp3) is 0.571. The van der Waals surface area contributed by atoms with Crippen LogP contribution in [0.4, 0.5) is 5.69 Å². The maximum absolute atomic E-state index is 9.21. The Balaban J connectivity index is 3.14. The maximum Gasteiger partial charge on any atom is 0.103 e. The lowest BCUT2D eigenvalue weighted by Gasteiger charge is -2.31. The van der Waals surface area contributed by atoms with Crippen LogP contribution in [0.2, 0.25) is 0 Å². The Kier molecular flexibility index (Phi) is 4.69. The molecule has 0 aromatic carbocycles. The predicted octanol–water partition coefficient (Wildman–Crippen LogP) is 2.53. The Morgan fingerprint density at radius 1 is 1.50 bits per heavy atom. The minimum atomic E-state index is -0.208. The molecule has 4 heteroatoms. The topological polar surface area (TPSA) is 68.9 Å². The van der Waals surface area contributed by atoms with Gasteiger partial charge in [-0.25, -0.2) is 0 Å². The first-order valence-corrected chi connectivity index (χ1v) is 6.23. The maximum atomic E-state index is 9.21. The van der Waals surface area contributed by atoms with Crippen molar-refractivity contribution in [2.24, 2.45) is 0 Å². The molecule has 1 rings (SSSR count). The third-order valence-electron chi connectivity index (χ3n) is 3.32. The molecule has 1 heterocycles. The summed E-state index contributed by atoms with van der Waals surface area (Å²) in [4.78, 5) is 4.30. The monoisotopic (exact) mass is 247 g/mol. The number of aliphatic hydroxyl groups is 1. The lowest BCUT2D eigenvalue weighted by Crippen LogP contribution is -2.35. The zero-order chi connectivity index (χ0) is 13.8. The van der Waals surface area contributed by atoms with Gasteiger partial charge in [0.05, 0.1) is 16.9 Å². The third kappa shape index (κ3) is 3.21. The first-order valence-electron chi connectivity index (χ1n) is 6.23. The summed E-state index contributed by atoms with van der Waals surface area (Å²) in [6.07, 6.45) is 1.52. The van der Waals surface area contributed by atoms with Crippen molar-refractivity contribution in [2.45, 2.75) is 46.1 Å². The lowest BCUT2D eigenvalue weighted by atomic mass is 9.94. The Morgan fingerprint density at radius 3 is 2.67 bits per heavy atom. The van der Waals surface area contributed by atoms with Crippen LogP contribution in [-0.2, 0) is 0 Å². The lowest BCUT2D eigenvalue weighted by molar-refractivity contribution is 0.252. The summed E-state index contributed by atoms with van der Waals surface area (Å²) >= 11 is 0. The normalized spacial score (nSPS) is 13.8. The number of aryl methyl sites for hydroxylation is 2. The summed E-state index contributed by atoms with van der Waals surface area (Å²) in [5.74, 6) is 0. The second-order valence-corrected chi connectivity index (χ2v) is 4.90. The van der Waals surface area contributed by atoms with Crippen molar-refractivity contribution in [1.82, 2.24) is 4.98 Å². The molecule has 0 spiro atoms. The van der Waals surface area contributed by atoms with E-state index in [1.165, 1.54) is 0 Å². The van der Waals surface area contributed by atoms with Crippen molar-refractivity contribution in [1.29, 1.82) is 5.26 Å². The number of nitrogens with zero attached hydrogens (tertiary/aromatic N) is 2. The molecule has 0 amide bonds. The smallest absolute Gasteiger partial charge is 0.103 e. The molecule has 98 valence electrons. The van der Waals surface area contributed by atoms with Gasteiger partial charge >= 0.3 is 0 Å². The number of anilines is 1. The number of hydrogen-bond donors (Lipinski definition) is 2. The molecule has 2 N–H and O–H groups in total. The van der Waals surface area contributed by atoms with Crippen LogP contribution in [0.15, 0.2) is 6.07 Å². The van der Waals surface area contributed by atoms with Crippen LogP contribution in [-0.4, -0.2) is 22.2 Å². The van der Waals surface area contributed by atoms with Gasteiger partial charge in [0.15, 0.2) is 0 Å². The van der Waals surface area contributed by atoms with Crippen molar-refractivity contribution in [3.05, 3.63) is 23.0 Å². The summed E-state index contributed by atoms with van der Waals surface area (Å²) in [6.45, 7) is 7.99. The van der Waals surface area contributed by atoms with Crippen LogP contribution in [0.5, 0.6) is 0 Å². The van der Waals surface area contributed by atoms with E-state index in [4.69, 9.17) is 5.11 Å². The van der Waals surface area contributed by atoms with Gasteiger partial charge in [-0.05, 0) is 39.7 Å². The van der Waals surface area contributed by atoms with Crippen LogP contribution >= 0.6 is 0 Å². The standard InChI is InChI=1S/C14H21N3O/c1-5-14(4,6-7-18)17-13-8-10(2)16-11(3)12(13)9-15/h8,18H,5-7H2,1-4H3,(H,16,17). The summed E-state index contributed by atoms with van der Waals surface area (Å²) in [5, 5.41) is 21.7. The number of hydrogen-bond acceptors (Lipinski definition) is 4. The number of aliphatic hydroxyl groups excluding tert-OH is 1. The molecule has 0 aliphatic rings. The van der Waals surface area contributed by atoms with Crippen LogP contribution in [0.25, 0.3) is 0 Å². The largest absolute Gasteiger partial charge is 0.396 e. The molecule has 18 heavy (non-hydrogen) atoms. The predicted molar refractivity (Wildman–Crippen MR) is 72.4 cm³/mol. The highest BCUT2D eigenvalue weighted by atomic mass is 16.3. The van der Waals surface area contributed by atoms with E-state index >= 15 is 0 Å². The van der Waals surface area contributed by atoms with E-state index in [1.54, 1.807) is 0 Å². The van der Waals surface area contributed by atoms with Crippen molar-refractivity contribution in [2.75, 3.05) is 11.9 Å². The quantitative estimate of drug-likeness (QED) is 0.839. The third-order valence-corrected chi connectivity index (χ3v) is 3.32. The summed E-state index contributed by atoms with van der Waals surface area (Å²) in [6, 6.07) is 4.08. The van der Waals surface area contributed by atoms with Gasteiger partial charge in [-0.2, -0.15) is 5.26 Å². The first-order chi connectivity index (χ1) is 8.45. The average Bonchev–Trinajstić information content (AvgIpc) is 2.28. The van der Waals surface area contributed by atoms with Gasteiger partial charge in [0.25, 0.3) is 0 Å². The van der Waals surface area contributed by atoms with Crippen molar-refractivity contribution in [3.63, 3.8) is 0 Å². The SMILES string of the molecule is CCC(C)(CCO)Nc1cc(C)nc(C)c1C#N. The van der Waals surface area contributed by atoms with Crippen molar-refractivity contribution < 1.29 is 5.11 Å². The van der Waals surface area contributed by atoms with Crippen molar-refractivity contribution >= 4 is 5.69 Å². The molecule has 0 aliphatic heterocycles. The van der Waals surface area contributed by atoms with E-state index in [0.29, 0.717) is 12.0 Å². The van der Waals surface area contributed by atoms with E-state index in [0.717, 1.165) is 23.5 Å². The van der Waals surface area contributed by atoms with E-state index < -0.39 is 0 Å². The highest BCUT2D eigenvalue weighted by molar-refractivity contribution is 5.61. The second-order valence-electron chi connectivity index (χ2n) is 4.90. The number of pyridine rings is 1. The Labute approximate surface area is 109 Å². The molecule has 0 aliphatic carbocycles. The molecule has 1 aromatic rings. The molecular weight excluding hydrogens is 226 g/mol. The summed E-state index contributed by atoms with van der Waals surface area (Å²) < 4.78 is 0. The van der Waals surface area contributed by atoms with Gasteiger partial charge in [0.1, 0.15) is 6.07 Å². The van der Waals surface area contributed by atoms with E-state index in [2.05, 4.69) is 30.2 Å². The van der Waals surface area contributed by atoms with Gasteiger partial charge < -0.3 is 10.4 Å². The summed E-state index contributed by atoms with van der Waals surface area (Å²) in [5.41, 5.74) is 2.80. The molecule has 1 aromatic heterocycles. The molecule has 0 fully saturated rings. The van der Waals surface area contributed by atoms with Crippen LogP contribution in [0.1, 0.15) is 43.6 Å². The highest BCUT2D eigenvalue weighted by Gasteiger charge is 2.23. The number of rotatable bonds is 5. The van der Waals surface area contributed by atoms with Gasteiger partial charge in [-0.3, -0.25) is 4.98 Å². The number of nitrogens with one attached hydrogen (secondary N) is 1. The number of aromatic nitrogens is 1. The molecule has 1 atom stereocenters. The Bertz CT molecular complexity index is 465. The molecule has 0 saturated heterocycles. The van der Waals surface area contributed by atoms with E-state index in [-0.39, 0.29) is 12.1 Å². The van der Waals surface area contributed by atoms with Crippen molar-refractivity contribution in [3.8, 4) is 6.07 Å². The number of nitriles is 1. The first kappa shape index (κ1) is 14.5. The molecular formula is C14H21N3O. The van der Waals surface area contributed by atoms with Crippen LogP contribution in [0, 0.1) is 25.2 Å². The highest BCUT2D eigenvalue weighted by Crippen LogP contribution is 2.26. The Hall–Kier alpha value is -1.60. The molecule has 0 radical (unpaired) electrons. The fourth-order valence-electron chi connectivity index (χ4n) is 1.97. The van der Waals surface area contributed by atoms with Crippen LogP contribution < -0.4 is 5.32 Å². The minimum absolute atomic E-state index is 0.127. The minimum Gasteiger partial charge on any atom is -0.396 e. The fourth-order valence-corrected chi connectivity index (χ4v) is 1.97. The summed E-state index contributed by atoms with van der Waals surface area (Å²) in [7, 11) is 0. The van der Waals surface area contributed by atoms with E-state index in [1.807, 2.05) is 19.9 Å². The Morgan fingerprint density at radius 2 is 2.17 bits per heavy atom. The van der Waals surface area contributed by atoms with Crippen LogP contribution in [0.3, 0.4) is 0 Å². The second kappa shape index (κ2) is 5.83. The molecule has 1 unspecified atom stereocenters. The molecule has 0 saturated carbocycles. The van der Waals surface area contributed by atoms with Gasteiger partial charge in [-0.15, -0.1) is 0 Å². The van der Waals surface area contributed by atoms with Gasteiger partial charge in [-0.1, -0.05) is 6.92 Å². The van der Waals surface area contributed by atoms with Gasteiger partial charge in [0.2, 0.25) is 0 Å². The van der Waals surface area contributed by atoms with E-state index in [9.17, 15) is 5.26 Å². The van der Waals surface area contributed by atoms with Gasteiger partial charge in [0, 0.05) is 17.8 Å². The zero-order valence-corrected chi connectivity index (χ0v) is 11.5. The average molecular weight is 247 g/mol. The molecule has 0 bridgehead atoms.